The maximum atomic E-state index is 4.57. The van der Waals surface area contributed by atoms with Crippen LogP contribution in [0.2, 0.25) is 0 Å². The van der Waals surface area contributed by atoms with Crippen LogP contribution < -0.4 is 5.32 Å². The van der Waals surface area contributed by atoms with Crippen molar-refractivity contribution >= 4 is 0 Å². The van der Waals surface area contributed by atoms with E-state index in [2.05, 4.69) is 28.5 Å². The second-order valence-electron chi connectivity index (χ2n) is 5.45. The number of nitrogens with zero attached hydrogens (tertiary/aromatic N) is 1. The van der Waals surface area contributed by atoms with Crippen LogP contribution in [0.15, 0.2) is 30.0 Å². The highest BCUT2D eigenvalue weighted by atomic mass is 14.9. The normalized spacial score (nSPS) is 22.7. The summed E-state index contributed by atoms with van der Waals surface area (Å²) in [5, 5.41) is 3.70. The van der Waals surface area contributed by atoms with Gasteiger partial charge in [0.15, 0.2) is 0 Å². The third-order valence-corrected chi connectivity index (χ3v) is 4.17. The summed E-state index contributed by atoms with van der Waals surface area (Å²) in [5.74, 6) is 0. The van der Waals surface area contributed by atoms with Gasteiger partial charge in [-0.2, -0.15) is 0 Å². The van der Waals surface area contributed by atoms with E-state index in [0.29, 0.717) is 6.04 Å². The second kappa shape index (κ2) is 5.66. The van der Waals surface area contributed by atoms with Crippen molar-refractivity contribution in [3.8, 4) is 0 Å². The molecule has 1 aromatic rings. The van der Waals surface area contributed by atoms with Crippen molar-refractivity contribution in [3.05, 3.63) is 41.2 Å². The molecule has 1 aromatic heterocycles. The molecular formula is C16H22N2. The smallest absolute Gasteiger partial charge is 0.0605 e. The van der Waals surface area contributed by atoms with E-state index >= 15 is 0 Å². The van der Waals surface area contributed by atoms with Gasteiger partial charge in [0.1, 0.15) is 0 Å². The first-order chi connectivity index (χ1) is 8.93. The first-order valence-electron chi connectivity index (χ1n) is 7.28. The Hall–Kier alpha value is -1.15. The molecule has 0 saturated carbocycles. The van der Waals surface area contributed by atoms with Crippen molar-refractivity contribution in [2.75, 3.05) is 6.54 Å². The SMILES string of the molecule is C1=C(CCNC2CCCc3cccnc32)CCC1. The molecule has 1 atom stereocenters. The first-order valence-corrected chi connectivity index (χ1v) is 7.28. The van der Waals surface area contributed by atoms with Gasteiger partial charge in [-0.15, -0.1) is 0 Å². The van der Waals surface area contributed by atoms with E-state index in [1.807, 2.05) is 6.20 Å². The van der Waals surface area contributed by atoms with Crippen LogP contribution in [0.4, 0.5) is 0 Å². The van der Waals surface area contributed by atoms with Crippen molar-refractivity contribution < 1.29 is 0 Å². The van der Waals surface area contributed by atoms with E-state index < -0.39 is 0 Å². The number of hydrogen-bond donors (Lipinski definition) is 1. The van der Waals surface area contributed by atoms with Crippen molar-refractivity contribution in [3.63, 3.8) is 0 Å². The van der Waals surface area contributed by atoms with Gasteiger partial charge in [0.05, 0.1) is 5.69 Å². The Morgan fingerprint density at radius 3 is 3.17 bits per heavy atom. The van der Waals surface area contributed by atoms with Gasteiger partial charge in [0.25, 0.3) is 0 Å². The Bertz CT molecular complexity index is 436. The molecule has 96 valence electrons. The van der Waals surface area contributed by atoms with E-state index in [0.717, 1.165) is 6.54 Å². The van der Waals surface area contributed by atoms with Gasteiger partial charge < -0.3 is 5.32 Å². The Kier molecular flexibility index (Phi) is 3.75. The number of pyridine rings is 1. The lowest BCUT2D eigenvalue weighted by Crippen LogP contribution is -2.27. The molecule has 18 heavy (non-hydrogen) atoms. The lowest BCUT2D eigenvalue weighted by Gasteiger charge is -2.25. The molecule has 2 heteroatoms. The molecule has 3 rings (SSSR count). The maximum Gasteiger partial charge on any atom is 0.0605 e. The van der Waals surface area contributed by atoms with Gasteiger partial charge in [-0.1, -0.05) is 17.7 Å². The van der Waals surface area contributed by atoms with Crippen LogP contribution in [0.3, 0.4) is 0 Å². The summed E-state index contributed by atoms with van der Waals surface area (Å²) in [6, 6.07) is 4.78. The largest absolute Gasteiger partial charge is 0.308 e. The molecule has 2 nitrogen and oxygen atoms in total. The number of aromatic nitrogens is 1. The summed E-state index contributed by atoms with van der Waals surface area (Å²) in [7, 11) is 0. The highest BCUT2D eigenvalue weighted by molar-refractivity contribution is 5.25. The maximum absolute atomic E-state index is 4.57. The molecule has 0 fully saturated rings. The zero-order valence-corrected chi connectivity index (χ0v) is 11.0. The number of fused-ring (bicyclic) bond motifs is 1. The molecule has 0 bridgehead atoms. The van der Waals surface area contributed by atoms with E-state index in [1.165, 1.54) is 56.2 Å². The molecule has 1 heterocycles. The summed E-state index contributed by atoms with van der Waals surface area (Å²) in [6.07, 6.45) is 13.3. The Morgan fingerprint density at radius 1 is 1.28 bits per heavy atom. The molecule has 0 radical (unpaired) electrons. The minimum Gasteiger partial charge on any atom is -0.308 e. The molecule has 0 aromatic carbocycles. The van der Waals surface area contributed by atoms with Crippen LogP contribution >= 0.6 is 0 Å². The van der Waals surface area contributed by atoms with Crippen LogP contribution in [0.5, 0.6) is 0 Å². The highest BCUT2D eigenvalue weighted by Crippen LogP contribution is 2.28. The van der Waals surface area contributed by atoms with Crippen LogP contribution in [-0.4, -0.2) is 11.5 Å². The highest BCUT2D eigenvalue weighted by Gasteiger charge is 2.20. The molecule has 0 spiro atoms. The first kappa shape index (κ1) is 11.9. The van der Waals surface area contributed by atoms with E-state index in [1.54, 1.807) is 5.57 Å². The van der Waals surface area contributed by atoms with Gasteiger partial charge in [-0.3, -0.25) is 4.98 Å². The van der Waals surface area contributed by atoms with Crippen molar-refractivity contribution in [1.29, 1.82) is 0 Å². The van der Waals surface area contributed by atoms with Gasteiger partial charge in [-0.25, -0.2) is 0 Å². The fourth-order valence-electron chi connectivity index (χ4n) is 3.18. The number of allylic oxidation sites excluding steroid dienone is 1. The average Bonchev–Trinajstić information content (AvgIpc) is 2.92. The lowest BCUT2D eigenvalue weighted by molar-refractivity contribution is 0.450. The molecule has 2 aliphatic carbocycles. The Labute approximate surface area is 110 Å². The fourth-order valence-corrected chi connectivity index (χ4v) is 3.18. The zero-order valence-electron chi connectivity index (χ0n) is 11.0. The number of hydrogen-bond acceptors (Lipinski definition) is 2. The van der Waals surface area contributed by atoms with E-state index in [-0.39, 0.29) is 0 Å². The Morgan fingerprint density at radius 2 is 2.28 bits per heavy atom. The molecule has 2 aliphatic rings. The molecule has 0 amide bonds. The number of nitrogens with one attached hydrogen (secondary N) is 1. The quantitative estimate of drug-likeness (QED) is 0.817. The second-order valence-corrected chi connectivity index (χ2v) is 5.45. The van der Waals surface area contributed by atoms with Crippen molar-refractivity contribution in [1.82, 2.24) is 10.3 Å². The zero-order chi connectivity index (χ0) is 12.2. The molecule has 0 aliphatic heterocycles. The van der Waals surface area contributed by atoms with Crippen LogP contribution in [0.25, 0.3) is 0 Å². The minimum absolute atomic E-state index is 0.483. The summed E-state index contributed by atoms with van der Waals surface area (Å²) in [6.45, 7) is 1.10. The van der Waals surface area contributed by atoms with Crippen LogP contribution in [0, 0.1) is 0 Å². The lowest BCUT2D eigenvalue weighted by atomic mass is 9.92. The number of rotatable bonds is 4. The average molecular weight is 242 g/mol. The van der Waals surface area contributed by atoms with Gasteiger partial charge in [0, 0.05) is 12.2 Å². The summed E-state index contributed by atoms with van der Waals surface area (Å²) < 4.78 is 0. The predicted octanol–water partition coefficient (Wildman–Crippen LogP) is 3.55. The number of aryl methyl sites for hydroxylation is 1. The Balaban J connectivity index is 1.57. The van der Waals surface area contributed by atoms with Crippen molar-refractivity contribution in [2.45, 2.75) is 51.0 Å². The van der Waals surface area contributed by atoms with E-state index in [9.17, 15) is 0 Å². The standard InChI is InChI=1S/C16H22N2/c1-2-6-13(5-1)10-12-17-15-9-3-7-14-8-4-11-18-16(14)15/h4-5,8,11,15,17H,1-3,6-7,9-10,12H2. The summed E-state index contributed by atoms with van der Waals surface area (Å²) in [4.78, 5) is 4.57. The molecular weight excluding hydrogens is 220 g/mol. The molecule has 0 saturated heterocycles. The summed E-state index contributed by atoms with van der Waals surface area (Å²) >= 11 is 0. The monoisotopic (exact) mass is 242 g/mol. The third kappa shape index (κ3) is 2.64. The van der Waals surface area contributed by atoms with Gasteiger partial charge in [-0.05, 0) is 63.1 Å². The van der Waals surface area contributed by atoms with Crippen molar-refractivity contribution in [2.24, 2.45) is 0 Å². The predicted molar refractivity (Wildman–Crippen MR) is 74.5 cm³/mol. The minimum atomic E-state index is 0.483. The van der Waals surface area contributed by atoms with Crippen LogP contribution in [0.1, 0.15) is 55.8 Å². The third-order valence-electron chi connectivity index (χ3n) is 4.17. The molecule has 1 unspecified atom stereocenters. The fraction of sp³-hybridized carbons (Fsp3) is 0.562. The van der Waals surface area contributed by atoms with Gasteiger partial charge >= 0.3 is 0 Å². The summed E-state index contributed by atoms with van der Waals surface area (Å²) in [5.41, 5.74) is 4.39. The van der Waals surface area contributed by atoms with Gasteiger partial charge in [0.2, 0.25) is 0 Å². The topological polar surface area (TPSA) is 24.9 Å². The molecule has 1 N–H and O–H groups in total. The van der Waals surface area contributed by atoms with Crippen LogP contribution in [-0.2, 0) is 6.42 Å². The van der Waals surface area contributed by atoms with E-state index in [4.69, 9.17) is 0 Å².